The number of benzene rings is 2. The molecule has 142 valence electrons. The fourth-order valence-corrected chi connectivity index (χ4v) is 3.32. The highest BCUT2D eigenvalue weighted by Crippen LogP contribution is 2.25. The van der Waals surface area contributed by atoms with E-state index >= 15 is 0 Å². The predicted molar refractivity (Wildman–Crippen MR) is 111 cm³/mol. The van der Waals surface area contributed by atoms with E-state index in [2.05, 4.69) is 10.4 Å². The summed E-state index contributed by atoms with van der Waals surface area (Å²) in [6.07, 6.45) is 0. The van der Waals surface area contributed by atoms with E-state index < -0.39 is 0 Å². The van der Waals surface area contributed by atoms with Crippen LogP contribution >= 0.6 is 11.6 Å². The lowest BCUT2D eigenvalue weighted by Gasteiger charge is -2.14. The van der Waals surface area contributed by atoms with Gasteiger partial charge in [0, 0.05) is 22.8 Å². The van der Waals surface area contributed by atoms with E-state index in [-0.39, 0.29) is 0 Å². The number of nitrogens with one attached hydrogen (secondary N) is 1. The zero-order valence-electron chi connectivity index (χ0n) is 15.9. The number of para-hydroxylation sites is 1. The third-order valence-electron chi connectivity index (χ3n) is 4.46. The highest BCUT2D eigenvalue weighted by atomic mass is 35.5. The molecule has 0 fully saturated rings. The molecular formula is C21H20ClN5O. The molecule has 6 nitrogen and oxygen atoms in total. The van der Waals surface area contributed by atoms with Crippen molar-refractivity contribution in [3.05, 3.63) is 70.5 Å². The van der Waals surface area contributed by atoms with Crippen molar-refractivity contribution >= 4 is 28.5 Å². The van der Waals surface area contributed by atoms with E-state index in [1.807, 2.05) is 62.4 Å². The SMILES string of the molecule is COc1ccccc1CNc1nc2ccc(Cl)cc2nc1-n1nc(C)cc1C. The molecule has 0 atom stereocenters. The molecule has 2 aromatic carbocycles. The number of ether oxygens (including phenoxy) is 1. The maximum absolute atomic E-state index is 6.15. The van der Waals surface area contributed by atoms with Gasteiger partial charge in [-0.05, 0) is 44.2 Å². The van der Waals surface area contributed by atoms with E-state index in [4.69, 9.17) is 26.3 Å². The van der Waals surface area contributed by atoms with Crippen LogP contribution in [0.3, 0.4) is 0 Å². The lowest BCUT2D eigenvalue weighted by Crippen LogP contribution is -2.11. The van der Waals surface area contributed by atoms with Crippen LogP contribution in [0.15, 0.2) is 48.5 Å². The van der Waals surface area contributed by atoms with Gasteiger partial charge >= 0.3 is 0 Å². The number of aryl methyl sites for hydroxylation is 2. The minimum Gasteiger partial charge on any atom is -0.496 e. The van der Waals surface area contributed by atoms with Crippen LogP contribution in [0.4, 0.5) is 5.82 Å². The van der Waals surface area contributed by atoms with E-state index in [1.54, 1.807) is 11.8 Å². The Hall–Kier alpha value is -3.12. The van der Waals surface area contributed by atoms with Gasteiger partial charge in [0.05, 0.1) is 23.8 Å². The molecule has 0 aliphatic carbocycles. The number of aromatic nitrogens is 4. The molecule has 0 unspecified atom stereocenters. The zero-order valence-corrected chi connectivity index (χ0v) is 16.7. The summed E-state index contributed by atoms with van der Waals surface area (Å²) in [5.74, 6) is 2.10. The number of fused-ring (bicyclic) bond motifs is 1. The van der Waals surface area contributed by atoms with Gasteiger partial charge in [0.25, 0.3) is 0 Å². The number of anilines is 1. The number of hydrogen-bond donors (Lipinski definition) is 1. The maximum Gasteiger partial charge on any atom is 0.197 e. The van der Waals surface area contributed by atoms with Crippen molar-refractivity contribution in [1.29, 1.82) is 0 Å². The molecule has 2 aromatic heterocycles. The Bertz CT molecular complexity index is 1150. The first kappa shape index (κ1) is 18.3. The molecule has 2 heterocycles. The second-order valence-corrected chi connectivity index (χ2v) is 6.97. The lowest BCUT2D eigenvalue weighted by molar-refractivity contribution is 0.410. The standard InChI is InChI=1S/C21H20ClN5O/c1-13-10-14(2)27(26-13)21-20(23-12-15-6-4-5-7-19(15)28-3)24-17-9-8-16(22)11-18(17)25-21/h4-11H,12H2,1-3H3,(H,23,24). The van der Waals surface area contributed by atoms with Gasteiger partial charge in [0.2, 0.25) is 0 Å². The largest absolute Gasteiger partial charge is 0.496 e. The first-order valence-electron chi connectivity index (χ1n) is 8.92. The molecular weight excluding hydrogens is 374 g/mol. The van der Waals surface area contributed by atoms with Crippen LogP contribution in [0.5, 0.6) is 5.75 Å². The Labute approximate surface area is 168 Å². The molecule has 1 N–H and O–H groups in total. The average molecular weight is 394 g/mol. The lowest BCUT2D eigenvalue weighted by atomic mass is 10.2. The fourth-order valence-electron chi connectivity index (χ4n) is 3.16. The van der Waals surface area contributed by atoms with Crippen LogP contribution in [0.1, 0.15) is 17.0 Å². The van der Waals surface area contributed by atoms with E-state index in [1.165, 1.54) is 0 Å². The predicted octanol–water partition coefficient (Wildman–Crippen LogP) is 4.71. The van der Waals surface area contributed by atoms with Crippen molar-refractivity contribution in [3.8, 4) is 11.6 Å². The zero-order chi connectivity index (χ0) is 19.7. The first-order valence-corrected chi connectivity index (χ1v) is 9.29. The van der Waals surface area contributed by atoms with E-state index in [9.17, 15) is 0 Å². The van der Waals surface area contributed by atoms with Crippen molar-refractivity contribution in [2.45, 2.75) is 20.4 Å². The summed E-state index contributed by atoms with van der Waals surface area (Å²) in [6.45, 7) is 4.49. The normalized spacial score (nSPS) is 11.0. The molecule has 0 aliphatic heterocycles. The second kappa shape index (κ2) is 7.48. The third kappa shape index (κ3) is 3.51. The molecule has 4 aromatic rings. The van der Waals surface area contributed by atoms with Crippen molar-refractivity contribution in [2.75, 3.05) is 12.4 Å². The van der Waals surface area contributed by atoms with Crippen LogP contribution in [0.25, 0.3) is 16.9 Å². The molecule has 0 saturated carbocycles. The van der Waals surface area contributed by atoms with Gasteiger partial charge in [-0.25, -0.2) is 14.6 Å². The van der Waals surface area contributed by atoms with Gasteiger partial charge in [-0.1, -0.05) is 29.8 Å². The van der Waals surface area contributed by atoms with Gasteiger partial charge in [-0.3, -0.25) is 0 Å². The molecule has 28 heavy (non-hydrogen) atoms. The van der Waals surface area contributed by atoms with Gasteiger partial charge in [-0.15, -0.1) is 0 Å². The maximum atomic E-state index is 6.15. The highest BCUT2D eigenvalue weighted by Gasteiger charge is 2.15. The summed E-state index contributed by atoms with van der Waals surface area (Å²) in [6, 6.07) is 15.4. The summed E-state index contributed by atoms with van der Waals surface area (Å²) < 4.78 is 7.25. The van der Waals surface area contributed by atoms with Gasteiger partial charge < -0.3 is 10.1 Å². The van der Waals surface area contributed by atoms with Gasteiger partial charge in [0.15, 0.2) is 11.6 Å². The molecule has 0 radical (unpaired) electrons. The Morgan fingerprint density at radius 2 is 1.86 bits per heavy atom. The topological polar surface area (TPSA) is 64.9 Å². The van der Waals surface area contributed by atoms with E-state index in [0.717, 1.165) is 33.7 Å². The number of rotatable bonds is 5. The Morgan fingerprint density at radius 3 is 2.61 bits per heavy atom. The number of methoxy groups -OCH3 is 1. The van der Waals surface area contributed by atoms with Crippen molar-refractivity contribution < 1.29 is 4.74 Å². The smallest absolute Gasteiger partial charge is 0.197 e. The summed E-state index contributed by atoms with van der Waals surface area (Å²) in [5, 5.41) is 8.60. The molecule has 7 heteroatoms. The van der Waals surface area contributed by atoms with Crippen LogP contribution in [0, 0.1) is 13.8 Å². The average Bonchev–Trinajstić information content (AvgIpc) is 3.03. The summed E-state index contributed by atoms with van der Waals surface area (Å²) in [4.78, 5) is 9.57. The highest BCUT2D eigenvalue weighted by molar-refractivity contribution is 6.31. The van der Waals surface area contributed by atoms with Crippen molar-refractivity contribution in [2.24, 2.45) is 0 Å². The summed E-state index contributed by atoms with van der Waals surface area (Å²) in [7, 11) is 1.67. The Kier molecular flexibility index (Phi) is 4.88. The second-order valence-electron chi connectivity index (χ2n) is 6.53. The molecule has 0 spiro atoms. The Morgan fingerprint density at radius 1 is 1.04 bits per heavy atom. The van der Waals surface area contributed by atoms with Crippen molar-refractivity contribution in [3.63, 3.8) is 0 Å². The van der Waals surface area contributed by atoms with Crippen LogP contribution < -0.4 is 10.1 Å². The summed E-state index contributed by atoms with van der Waals surface area (Å²) in [5.41, 5.74) is 4.41. The fraction of sp³-hybridized carbons (Fsp3) is 0.190. The van der Waals surface area contributed by atoms with Crippen LogP contribution in [-0.4, -0.2) is 26.9 Å². The van der Waals surface area contributed by atoms with Crippen LogP contribution in [-0.2, 0) is 6.54 Å². The van der Waals surface area contributed by atoms with Gasteiger partial charge in [0.1, 0.15) is 5.75 Å². The molecule has 0 bridgehead atoms. The molecule has 0 aliphatic rings. The van der Waals surface area contributed by atoms with Crippen LogP contribution in [0.2, 0.25) is 5.02 Å². The minimum absolute atomic E-state index is 0.546. The minimum atomic E-state index is 0.546. The molecule has 4 rings (SSSR count). The van der Waals surface area contributed by atoms with E-state index in [0.29, 0.717) is 23.2 Å². The first-order chi connectivity index (χ1) is 13.5. The molecule has 0 saturated heterocycles. The van der Waals surface area contributed by atoms with Crippen molar-refractivity contribution in [1.82, 2.24) is 19.7 Å². The summed E-state index contributed by atoms with van der Waals surface area (Å²) >= 11 is 6.15. The Balaban J connectivity index is 1.80. The number of halogens is 1. The molecule has 0 amide bonds. The number of hydrogen-bond acceptors (Lipinski definition) is 5. The van der Waals surface area contributed by atoms with Gasteiger partial charge in [-0.2, -0.15) is 5.10 Å². The monoisotopic (exact) mass is 393 g/mol. The number of nitrogens with zero attached hydrogens (tertiary/aromatic N) is 4. The third-order valence-corrected chi connectivity index (χ3v) is 4.69. The quantitative estimate of drug-likeness (QED) is 0.532.